The molecule has 6 heteroatoms. The number of unbranched alkanes of at least 4 members (excludes halogenated alkanes) is 34. The number of hydrogen-bond acceptors (Lipinski definition) is 6. The van der Waals surface area contributed by atoms with Gasteiger partial charge in [-0.25, -0.2) is 0 Å². The number of esters is 3. The lowest BCUT2D eigenvalue weighted by atomic mass is 10.0. The zero-order valence-corrected chi connectivity index (χ0v) is 54.0. The topological polar surface area (TPSA) is 78.9 Å². The number of carbonyl (C=O) groups excluding carboxylic acids is 3. The van der Waals surface area contributed by atoms with Crippen molar-refractivity contribution in [3.8, 4) is 0 Å². The molecule has 0 saturated carbocycles. The molecule has 0 aliphatic carbocycles. The molecule has 0 aliphatic heterocycles. The van der Waals surface area contributed by atoms with Crippen LogP contribution in [0.2, 0.25) is 0 Å². The van der Waals surface area contributed by atoms with Crippen LogP contribution in [0.5, 0.6) is 0 Å². The molecule has 0 aromatic carbocycles. The first kappa shape index (κ1) is 78.1. The van der Waals surface area contributed by atoms with E-state index in [0.717, 1.165) is 116 Å². The lowest BCUT2D eigenvalue weighted by Gasteiger charge is -2.18. The fourth-order valence-corrected chi connectivity index (χ4v) is 9.77. The van der Waals surface area contributed by atoms with Gasteiger partial charge in [-0.2, -0.15) is 0 Å². The van der Waals surface area contributed by atoms with Gasteiger partial charge >= 0.3 is 17.9 Å². The van der Waals surface area contributed by atoms with E-state index < -0.39 is 6.10 Å². The van der Waals surface area contributed by atoms with Gasteiger partial charge in [0.1, 0.15) is 13.2 Å². The summed E-state index contributed by atoms with van der Waals surface area (Å²) in [5, 5.41) is 0. The summed E-state index contributed by atoms with van der Waals surface area (Å²) in [5.41, 5.74) is 0. The lowest BCUT2D eigenvalue weighted by molar-refractivity contribution is -0.167. The number of rotatable bonds is 63. The quantitative estimate of drug-likeness (QED) is 0.0261. The van der Waals surface area contributed by atoms with E-state index >= 15 is 0 Å². The fraction of sp³-hybridized carbons (Fsp3) is 0.724. The van der Waals surface area contributed by atoms with Gasteiger partial charge in [0, 0.05) is 19.3 Å². The zero-order chi connectivity index (χ0) is 59.2. The Morgan fingerprint density at radius 3 is 0.768 bits per heavy atom. The molecule has 0 saturated heterocycles. The summed E-state index contributed by atoms with van der Waals surface area (Å²) in [6, 6.07) is 0. The van der Waals surface area contributed by atoms with Gasteiger partial charge in [0.25, 0.3) is 0 Å². The van der Waals surface area contributed by atoms with Gasteiger partial charge in [-0.3, -0.25) is 14.4 Å². The summed E-state index contributed by atoms with van der Waals surface area (Å²) in [4.78, 5) is 38.4. The maximum atomic E-state index is 12.9. The molecule has 6 nitrogen and oxygen atoms in total. The number of ether oxygens (including phenoxy) is 3. The van der Waals surface area contributed by atoms with Gasteiger partial charge < -0.3 is 14.2 Å². The van der Waals surface area contributed by atoms with Crippen LogP contribution in [0, 0.1) is 0 Å². The minimum absolute atomic E-state index is 0.0932. The highest BCUT2D eigenvalue weighted by Gasteiger charge is 2.19. The molecule has 470 valence electrons. The Bertz CT molecular complexity index is 1640. The third-order valence-corrected chi connectivity index (χ3v) is 15.0. The Kier molecular flexibility index (Phi) is 66.2. The molecule has 0 aliphatic rings. The molecular formula is C76H130O6. The highest BCUT2D eigenvalue weighted by Crippen LogP contribution is 2.17. The largest absolute Gasteiger partial charge is 0.462 e. The van der Waals surface area contributed by atoms with Crippen molar-refractivity contribution in [1.29, 1.82) is 0 Å². The van der Waals surface area contributed by atoms with E-state index in [-0.39, 0.29) is 37.5 Å². The molecule has 1 atom stereocenters. The molecular weight excluding hydrogens is 1010 g/mol. The van der Waals surface area contributed by atoms with Gasteiger partial charge in [0.05, 0.1) is 0 Å². The Morgan fingerprint density at radius 2 is 0.476 bits per heavy atom. The average Bonchev–Trinajstić information content (AvgIpc) is 3.47. The second-order valence-electron chi connectivity index (χ2n) is 23.1. The fourth-order valence-electron chi connectivity index (χ4n) is 9.77. The minimum Gasteiger partial charge on any atom is -0.462 e. The van der Waals surface area contributed by atoms with Crippen molar-refractivity contribution < 1.29 is 28.6 Å². The Labute approximate surface area is 508 Å². The van der Waals surface area contributed by atoms with Crippen LogP contribution < -0.4 is 0 Å². The Hall–Kier alpha value is -3.93. The van der Waals surface area contributed by atoms with Crippen molar-refractivity contribution in [3.63, 3.8) is 0 Å². The van der Waals surface area contributed by atoms with Crippen LogP contribution in [0.1, 0.15) is 335 Å². The molecule has 0 aromatic rings. The Morgan fingerprint density at radius 1 is 0.256 bits per heavy atom. The molecule has 0 radical (unpaired) electrons. The number of hydrogen-bond donors (Lipinski definition) is 0. The van der Waals surface area contributed by atoms with Crippen LogP contribution in [0.4, 0.5) is 0 Å². The van der Waals surface area contributed by atoms with Crippen molar-refractivity contribution in [1.82, 2.24) is 0 Å². The van der Waals surface area contributed by atoms with E-state index in [4.69, 9.17) is 14.2 Å². The first-order chi connectivity index (χ1) is 40.5. The van der Waals surface area contributed by atoms with E-state index in [1.165, 1.54) is 180 Å². The molecule has 1 unspecified atom stereocenters. The molecule has 0 spiro atoms. The second-order valence-corrected chi connectivity index (χ2v) is 23.1. The van der Waals surface area contributed by atoms with Crippen molar-refractivity contribution in [3.05, 3.63) is 109 Å². The van der Waals surface area contributed by atoms with E-state index in [9.17, 15) is 14.4 Å². The van der Waals surface area contributed by atoms with Crippen LogP contribution in [-0.4, -0.2) is 37.2 Å². The van der Waals surface area contributed by atoms with Gasteiger partial charge in [-0.15, -0.1) is 0 Å². The van der Waals surface area contributed by atoms with Crippen LogP contribution >= 0.6 is 0 Å². The molecule has 0 fully saturated rings. The zero-order valence-electron chi connectivity index (χ0n) is 54.0. The van der Waals surface area contributed by atoms with Gasteiger partial charge in [-0.05, 0) is 128 Å². The van der Waals surface area contributed by atoms with Crippen LogP contribution in [0.15, 0.2) is 109 Å². The van der Waals surface area contributed by atoms with E-state index in [1.807, 2.05) is 0 Å². The molecule has 82 heavy (non-hydrogen) atoms. The number of allylic oxidation sites excluding steroid dienone is 18. The van der Waals surface area contributed by atoms with Gasteiger partial charge in [0.15, 0.2) is 6.10 Å². The highest BCUT2D eigenvalue weighted by atomic mass is 16.6. The first-order valence-corrected chi connectivity index (χ1v) is 34.9. The van der Waals surface area contributed by atoms with Gasteiger partial charge in [-0.1, -0.05) is 297 Å². The molecule has 0 aromatic heterocycles. The summed E-state index contributed by atoms with van der Waals surface area (Å²) < 4.78 is 16.9. The van der Waals surface area contributed by atoms with E-state index in [0.29, 0.717) is 12.8 Å². The molecule has 0 N–H and O–H groups in total. The Balaban J connectivity index is 4.28. The summed E-state index contributed by atoms with van der Waals surface area (Å²) in [7, 11) is 0. The highest BCUT2D eigenvalue weighted by molar-refractivity contribution is 5.71. The third kappa shape index (κ3) is 66.9. The predicted octanol–water partition coefficient (Wildman–Crippen LogP) is 24.2. The lowest BCUT2D eigenvalue weighted by Crippen LogP contribution is -2.30. The predicted molar refractivity (Wildman–Crippen MR) is 357 cm³/mol. The average molecular weight is 1140 g/mol. The standard InChI is InChI=1S/C76H130O6/c1-4-7-10-13-16-19-22-25-28-30-32-33-34-35-36-37-38-39-40-41-42-43-45-46-48-51-54-57-60-63-66-69-75(78)81-72-73(71-80-74(77)68-65-62-59-56-53-50-27-24-21-18-15-12-9-6-3)82-76(79)70-67-64-61-58-55-52-49-47-44-31-29-26-23-20-17-14-11-8-5-2/h8,11,17,20,22,24-27,29-30,32,34-35,44,47,52,55,73H,4-7,9-10,12-16,18-19,21,23,28,31,33,36-43,45-46,48-51,53-54,56-72H2,1-3H3/b11-8-,20-17-,25-22-,27-24-,29-26-,32-30-,35-34-,47-44-,55-52-. The molecule has 0 heterocycles. The maximum absolute atomic E-state index is 12.9. The van der Waals surface area contributed by atoms with E-state index in [2.05, 4.69) is 130 Å². The van der Waals surface area contributed by atoms with Crippen LogP contribution in [-0.2, 0) is 28.6 Å². The first-order valence-electron chi connectivity index (χ1n) is 34.9. The minimum atomic E-state index is -0.801. The molecule has 0 amide bonds. The maximum Gasteiger partial charge on any atom is 0.306 e. The third-order valence-electron chi connectivity index (χ3n) is 15.0. The van der Waals surface area contributed by atoms with Crippen molar-refractivity contribution in [2.24, 2.45) is 0 Å². The van der Waals surface area contributed by atoms with E-state index in [1.54, 1.807) is 0 Å². The summed E-state index contributed by atoms with van der Waals surface area (Å²) in [6.07, 6.45) is 95.4. The van der Waals surface area contributed by atoms with Crippen molar-refractivity contribution in [2.45, 2.75) is 341 Å². The van der Waals surface area contributed by atoms with Crippen LogP contribution in [0.3, 0.4) is 0 Å². The molecule has 0 rings (SSSR count). The van der Waals surface area contributed by atoms with Crippen molar-refractivity contribution in [2.75, 3.05) is 13.2 Å². The SMILES string of the molecule is CC/C=C\C/C=C\C/C=C\C/C=C\C/C=C\CCCCCC(=O)OC(COC(=O)CCCCCCC/C=C\CCCCCCC)COC(=O)CCCCCCCCCCCCCCCCCC/C=C\C/C=C\C/C=C\CCCCCCC. The van der Waals surface area contributed by atoms with Crippen LogP contribution in [0.25, 0.3) is 0 Å². The summed E-state index contributed by atoms with van der Waals surface area (Å²) in [6.45, 7) is 6.50. The smallest absolute Gasteiger partial charge is 0.306 e. The van der Waals surface area contributed by atoms with Crippen molar-refractivity contribution >= 4 is 17.9 Å². The summed E-state index contributed by atoms with van der Waals surface area (Å²) >= 11 is 0. The number of carbonyl (C=O) groups is 3. The van der Waals surface area contributed by atoms with Gasteiger partial charge in [0.2, 0.25) is 0 Å². The monoisotopic (exact) mass is 1140 g/mol. The second kappa shape index (κ2) is 69.6. The normalized spacial score (nSPS) is 12.8. The summed E-state index contributed by atoms with van der Waals surface area (Å²) in [5.74, 6) is -0.924. The molecule has 0 bridgehead atoms.